The predicted octanol–water partition coefficient (Wildman–Crippen LogP) is 0.726. The smallest absolute Gasteiger partial charge is 0.402 e. The minimum atomic E-state index is -0.688. The number of rotatable bonds is 4. The van der Waals surface area contributed by atoms with Crippen LogP contribution in [0.4, 0.5) is 0 Å². The van der Waals surface area contributed by atoms with Crippen LogP contribution in [0.1, 0.15) is 5.56 Å². The van der Waals surface area contributed by atoms with Gasteiger partial charge in [0.25, 0.3) is 0 Å². The summed E-state index contributed by atoms with van der Waals surface area (Å²) in [6.45, 7) is 1.05. The number of ether oxygens (including phenoxy) is 3. The highest BCUT2D eigenvalue weighted by Crippen LogP contribution is 2.07. The van der Waals surface area contributed by atoms with Gasteiger partial charge in [-0.25, -0.2) is 4.79 Å². The molecule has 1 aromatic rings. The van der Waals surface area contributed by atoms with Gasteiger partial charge in [0.1, 0.15) is 0 Å². The highest BCUT2D eigenvalue weighted by atomic mass is 16.6. The van der Waals surface area contributed by atoms with E-state index in [2.05, 4.69) is 4.74 Å². The zero-order valence-corrected chi connectivity index (χ0v) is 11.3. The lowest BCUT2D eigenvalue weighted by atomic mass is 10.2. The maximum absolute atomic E-state index is 12.3. The van der Waals surface area contributed by atoms with Gasteiger partial charge in [-0.15, -0.1) is 0 Å². The zero-order valence-electron chi connectivity index (χ0n) is 11.3. The van der Waals surface area contributed by atoms with Crippen molar-refractivity contribution in [2.45, 2.75) is 12.6 Å². The molecule has 1 fully saturated rings. The van der Waals surface area contributed by atoms with Crippen LogP contribution in [0.15, 0.2) is 30.3 Å². The first-order valence-electron chi connectivity index (χ1n) is 6.35. The van der Waals surface area contributed by atoms with Crippen molar-refractivity contribution in [1.29, 1.82) is 0 Å². The fraction of sp³-hybridized carbons (Fsp3) is 0.429. The van der Waals surface area contributed by atoms with E-state index in [-0.39, 0.29) is 18.9 Å². The third-order valence-electron chi connectivity index (χ3n) is 2.95. The first kappa shape index (κ1) is 14.5. The average Bonchev–Trinajstić information content (AvgIpc) is 2.49. The Morgan fingerprint density at radius 1 is 1.40 bits per heavy atom. The number of nitrogens with zero attached hydrogens (tertiary/aromatic N) is 1. The lowest BCUT2D eigenvalue weighted by molar-refractivity contribution is -0.478. The van der Waals surface area contributed by atoms with E-state index < -0.39 is 12.1 Å². The summed E-state index contributed by atoms with van der Waals surface area (Å²) in [6.07, 6.45) is -0.683. The van der Waals surface area contributed by atoms with Crippen LogP contribution in [0, 0.1) is 5.21 Å². The van der Waals surface area contributed by atoms with Gasteiger partial charge in [0, 0.05) is 5.56 Å². The molecule has 6 heteroatoms. The summed E-state index contributed by atoms with van der Waals surface area (Å²) in [7, 11) is 1.24. The first-order valence-corrected chi connectivity index (χ1v) is 6.35. The summed E-state index contributed by atoms with van der Waals surface area (Å²) < 4.78 is 15.9. The second-order valence-electron chi connectivity index (χ2n) is 4.33. The average molecular weight is 279 g/mol. The lowest BCUT2D eigenvalue weighted by Gasteiger charge is -2.22. The minimum absolute atomic E-state index is 0.0592. The molecule has 0 bridgehead atoms. The van der Waals surface area contributed by atoms with Gasteiger partial charge in [0.2, 0.25) is 0 Å². The standard InChI is InChI=1S/C14H17NO5/c1-18-14(16)13(12-10-19-7-8-20-12)15(17)9-11-5-3-2-4-6-11/h2-6,12H,7-10H2,1H3/b15-13-. The number of benzene rings is 1. The Morgan fingerprint density at radius 2 is 2.15 bits per heavy atom. The number of carbonyl (C=O) groups excluding carboxylic acids is 1. The van der Waals surface area contributed by atoms with Crippen LogP contribution < -0.4 is 0 Å². The summed E-state index contributed by atoms with van der Waals surface area (Å²) in [4.78, 5) is 11.8. The maximum Gasteiger partial charge on any atom is 0.402 e. The lowest BCUT2D eigenvalue weighted by Crippen LogP contribution is -2.44. The van der Waals surface area contributed by atoms with Crippen LogP contribution in [-0.4, -0.2) is 49.5 Å². The third kappa shape index (κ3) is 3.55. The molecule has 0 saturated carbocycles. The fourth-order valence-corrected chi connectivity index (χ4v) is 1.98. The van der Waals surface area contributed by atoms with Crippen LogP contribution in [-0.2, 0) is 25.5 Å². The SMILES string of the molecule is COC(=O)/C(C1COCCO1)=[N+](\[O-])Cc1ccccc1. The molecule has 0 amide bonds. The van der Waals surface area contributed by atoms with E-state index in [1.807, 2.05) is 30.3 Å². The second kappa shape index (κ2) is 7.02. The van der Waals surface area contributed by atoms with Gasteiger partial charge in [-0.05, 0) is 0 Å². The van der Waals surface area contributed by atoms with Gasteiger partial charge in [-0.3, -0.25) is 0 Å². The van der Waals surface area contributed by atoms with Gasteiger partial charge in [-0.1, -0.05) is 30.3 Å². The molecular weight excluding hydrogens is 262 g/mol. The topological polar surface area (TPSA) is 70.8 Å². The molecule has 0 aliphatic carbocycles. The maximum atomic E-state index is 12.3. The van der Waals surface area contributed by atoms with E-state index >= 15 is 0 Å². The molecule has 1 saturated heterocycles. The van der Waals surface area contributed by atoms with Crippen molar-refractivity contribution in [2.75, 3.05) is 26.9 Å². The molecule has 0 spiro atoms. The Morgan fingerprint density at radius 3 is 2.75 bits per heavy atom. The molecule has 1 aliphatic heterocycles. The van der Waals surface area contributed by atoms with E-state index in [9.17, 15) is 10.0 Å². The number of esters is 1. The summed E-state index contributed by atoms with van der Waals surface area (Å²) in [5.41, 5.74) is 0.747. The number of hydroxylamine groups is 1. The van der Waals surface area contributed by atoms with Crippen molar-refractivity contribution < 1.29 is 23.7 Å². The molecule has 1 aliphatic rings. The zero-order chi connectivity index (χ0) is 14.4. The molecule has 1 aromatic carbocycles. The Kier molecular flexibility index (Phi) is 5.09. The van der Waals surface area contributed by atoms with Crippen molar-refractivity contribution in [2.24, 2.45) is 0 Å². The van der Waals surface area contributed by atoms with Gasteiger partial charge in [0.15, 0.2) is 12.6 Å². The van der Waals surface area contributed by atoms with Crippen LogP contribution >= 0.6 is 0 Å². The van der Waals surface area contributed by atoms with Crippen LogP contribution in [0.3, 0.4) is 0 Å². The second-order valence-corrected chi connectivity index (χ2v) is 4.33. The van der Waals surface area contributed by atoms with Gasteiger partial charge in [-0.2, -0.15) is 4.74 Å². The number of hydrogen-bond donors (Lipinski definition) is 0. The van der Waals surface area contributed by atoms with Gasteiger partial charge < -0.3 is 19.4 Å². The van der Waals surface area contributed by atoms with Crippen LogP contribution in [0.2, 0.25) is 0 Å². The molecular formula is C14H17NO5. The van der Waals surface area contributed by atoms with Gasteiger partial charge >= 0.3 is 11.7 Å². The summed E-state index contributed by atoms with van der Waals surface area (Å²) in [6, 6.07) is 9.17. The molecule has 20 heavy (non-hydrogen) atoms. The van der Waals surface area contributed by atoms with Crippen LogP contribution in [0.5, 0.6) is 0 Å². The molecule has 0 N–H and O–H groups in total. The monoisotopic (exact) mass is 279 g/mol. The van der Waals surface area contributed by atoms with E-state index in [4.69, 9.17) is 9.47 Å². The molecule has 6 nitrogen and oxygen atoms in total. The minimum Gasteiger partial charge on any atom is -0.623 e. The highest BCUT2D eigenvalue weighted by molar-refractivity contribution is 6.36. The Hall–Kier alpha value is -1.92. The van der Waals surface area contributed by atoms with E-state index in [0.717, 1.165) is 5.56 Å². The Balaban J connectivity index is 2.23. The number of methoxy groups -OCH3 is 1. The van der Waals surface area contributed by atoms with Crippen molar-refractivity contribution in [3.05, 3.63) is 41.1 Å². The molecule has 0 radical (unpaired) electrons. The van der Waals surface area contributed by atoms with E-state index in [1.54, 1.807) is 0 Å². The molecule has 108 valence electrons. The number of hydrogen-bond acceptors (Lipinski definition) is 5. The van der Waals surface area contributed by atoms with Crippen LogP contribution in [0.25, 0.3) is 0 Å². The Bertz CT molecular complexity index is 480. The number of carbonyl (C=O) groups is 1. The first-order chi connectivity index (χ1) is 9.72. The molecule has 1 atom stereocenters. The van der Waals surface area contributed by atoms with Crippen molar-refractivity contribution in [1.82, 2.24) is 0 Å². The third-order valence-corrected chi connectivity index (χ3v) is 2.95. The Labute approximate surface area is 117 Å². The largest absolute Gasteiger partial charge is 0.623 e. The highest BCUT2D eigenvalue weighted by Gasteiger charge is 2.34. The summed E-state index contributed by atoms with van der Waals surface area (Å²) >= 11 is 0. The molecule has 2 rings (SSSR count). The molecule has 1 unspecified atom stereocenters. The quantitative estimate of drug-likeness (QED) is 0.267. The summed E-state index contributed by atoms with van der Waals surface area (Å²) in [5, 5.41) is 12.3. The van der Waals surface area contributed by atoms with E-state index in [0.29, 0.717) is 18.0 Å². The summed E-state index contributed by atoms with van der Waals surface area (Å²) in [5.74, 6) is -0.688. The normalized spacial score (nSPS) is 20.1. The fourth-order valence-electron chi connectivity index (χ4n) is 1.98. The van der Waals surface area contributed by atoms with Gasteiger partial charge in [0.05, 0.1) is 26.9 Å². The molecule has 1 heterocycles. The van der Waals surface area contributed by atoms with Crippen molar-refractivity contribution in [3.8, 4) is 0 Å². The predicted molar refractivity (Wildman–Crippen MR) is 71.4 cm³/mol. The van der Waals surface area contributed by atoms with E-state index in [1.165, 1.54) is 7.11 Å². The molecule has 0 aromatic heterocycles. The van der Waals surface area contributed by atoms with Crippen molar-refractivity contribution in [3.63, 3.8) is 0 Å². The van der Waals surface area contributed by atoms with Crippen molar-refractivity contribution >= 4 is 11.7 Å².